The lowest BCUT2D eigenvalue weighted by atomic mass is 9.99. The van der Waals surface area contributed by atoms with Gasteiger partial charge in [-0.15, -0.1) is 0 Å². The summed E-state index contributed by atoms with van der Waals surface area (Å²) in [6, 6.07) is 0.406. The van der Waals surface area contributed by atoms with Crippen LogP contribution in [0.25, 0.3) is 0 Å². The molecule has 1 fully saturated rings. The maximum Gasteiger partial charge on any atom is 0.0674 e. The van der Waals surface area contributed by atoms with Crippen molar-refractivity contribution in [3.63, 3.8) is 0 Å². The lowest BCUT2D eigenvalue weighted by Gasteiger charge is -2.28. The molecule has 1 unspecified atom stereocenters. The molecule has 11 heavy (non-hydrogen) atoms. The second-order valence-electron chi connectivity index (χ2n) is 3.54. The van der Waals surface area contributed by atoms with Gasteiger partial charge in [0.15, 0.2) is 0 Å². The van der Waals surface area contributed by atoms with Gasteiger partial charge in [-0.2, -0.15) is 0 Å². The molecular formula is C8H17NO2. The standard InChI is InChI=1S/C8H17NO2/c1-7(2)9-8(5-10)3-4-11-6-8/h7,9-10H,3-6H2,1-2H3. The maximum absolute atomic E-state index is 9.12. The first-order chi connectivity index (χ1) is 5.18. The number of aliphatic hydroxyl groups is 1. The fourth-order valence-electron chi connectivity index (χ4n) is 1.50. The molecule has 1 saturated heterocycles. The monoisotopic (exact) mass is 159 g/mol. The van der Waals surface area contributed by atoms with Crippen molar-refractivity contribution in [3.05, 3.63) is 0 Å². The highest BCUT2D eigenvalue weighted by atomic mass is 16.5. The third kappa shape index (κ3) is 2.15. The Morgan fingerprint density at radius 3 is 2.73 bits per heavy atom. The molecule has 1 rings (SSSR count). The van der Waals surface area contributed by atoms with E-state index in [4.69, 9.17) is 9.84 Å². The van der Waals surface area contributed by atoms with Gasteiger partial charge in [-0.25, -0.2) is 0 Å². The number of ether oxygens (including phenoxy) is 1. The second-order valence-corrected chi connectivity index (χ2v) is 3.54. The minimum Gasteiger partial charge on any atom is -0.394 e. The maximum atomic E-state index is 9.12. The van der Waals surface area contributed by atoms with Gasteiger partial charge in [0.05, 0.1) is 18.8 Å². The Labute approximate surface area is 67.7 Å². The molecule has 0 aromatic carbocycles. The summed E-state index contributed by atoms with van der Waals surface area (Å²) in [7, 11) is 0. The summed E-state index contributed by atoms with van der Waals surface area (Å²) in [4.78, 5) is 0. The van der Waals surface area contributed by atoms with Crippen molar-refractivity contribution >= 4 is 0 Å². The van der Waals surface area contributed by atoms with Gasteiger partial charge in [0.1, 0.15) is 0 Å². The highest BCUT2D eigenvalue weighted by Crippen LogP contribution is 2.18. The minimum absolute atomic E-state index is 0.159. The molecule has 66 valence electrons. The molecule has 1 aliphatic rings. The van der Waals surface area contributed by atoms with Gasteiger partial charge in [0, 0.05) is 12.6 Å². The van der Waals surface area contributed by atoms with Crippen molar-refractivity contribution in [2.45, 2.75) is 31.8 Å². The van der Waals surface area contributed by atoms with E-state index in [1.54, 1.807) is 0 Å². The molecule has 1 heterocycles. The van der Waals surface area contributed by atoms with E-state index in [-0.39, 0.29) is 12.1 Å². The lowest BCUT2D eigenvalue weighted by Crippen LogP contribution is -2.52. The third-order valence-electron chi connectivity index (χ3n) is 2.00. The molecule has 0 bridgehead atoms. The average molecular weight is 159 g/mol. The van der Waals surface area contributed by atoms with E-state index in [2.05, 4.69) is 19.2 Å². The van der Waals surface area contributed by atoms with Gasteiger partial charge in [-0.3, -0.25) is 0 Å². The van der Waals surface area contributed by atoms with Crippen molar-refractivity contribution in [1.29, 1.82) is 0 Å². The highest BCUT2D eigenvalue weighted by Gasteiger charge is 2.34. The molecule has 3 nitrogen and oxygen atoms in total. The molecule has 0 spiro atoms. The van der Waals surface area contributed by atoms with Gasteiger partial charge < -0.3 is 15.2 Å². The van der Waals surface area contributed by atoms with Gasteiger partial charge in [-0.05, 0) is 6.42 Å². The van der Waals surface area contributed by atoms with E-state index in [1.165, 1.54) is 0 Å². The Morgan fingerprint density at radius 1 is 1.64 bits per heavy atom. The Hall–Kier alpha value is -0.120. The Bertz CT molecular complexity index is 119. The number of hydrogen-bond donors (Lipinski definition) is 2. The van der Waals surface area contributed by atoms with E-state index in [1.807, 2.05) is 0 Å². The molecule has 0 aliphatic carbocycles. The van der Waals surface area contributed by atoms with Crippen LogP contribution in [0.1, 0.15) is 20.3 Å². The molecule has 0 radical (unpaired) electrons. The van der Waals surface area contributed by atoms with Crippen LogP contribution in [0.15, 0.2) is 0 Å². The van der Waals surface area contributed by atoms with E-state index in [0.29, 0.717) is 12.6 Å². The third-order valence-corrected chi connectivity index (χ3v) is 2.00. The van der Waals surface area contributed by atoms with Crippen LogP contribution in [0.5, 0.6) is 0 Å². The smallest absolute Gasteiger partial charge is 0.0674 e. The van der Waals surface area contributed by atoms with Crippen LogP contribution < -0.4 is 5.32 Å². The summed E-state index contributed by atoms with van der Waals surface area (Å²) in [6.07, 6.45) is 0.918. The molecule has 0 aromatic heterocycles. The average Bonchev–Trinajstić information content (AvgIpc) is 2.36. The summed E-state index contributed by atoms with van der Waals surface area (Å²) in [6.45, 7) is 5.73. The largest absolute Gasteiger partial charge is 0.394 e. The normalized spacial score (nSPS) is 31.6. The second kappa shape index (κ2) is 3.52. The van der Waals surface area contributed by atoms with Gasteiger partial charge >= 0.3 is 0 Å². The van der Waals surface area contributed by atoms with Gasteiger partial charge in [0.2, 0.25) is 0 Å². The molecule has 1 atom stereocenters. The van der Waals surface area contributed by atoms with E-state index >= 15 is 0 Å². The first-order valence-electron chi connectivity index (χ1n) is 4.15. The zero-order chi connectivity index (χ0) is 8.32. The SMILES string of the molecule is CC(C)NC1(CO)CCOC1. The molecule has 3 heteroatoms. The van der Waals surface area contributed by atoms with Crippen molar-refractivity contribution in [3.8, 4) is 0 Å². The molecule has 0 amide bonds. The van der Waals surface area contributed by atoms with Crippen LogP contribution in [0, 0.1) is 0 Å². The molecule has 2 N–H and O–H groups in total. The van der Waals surface area contributed by atoms with Gasteiger partial charge in [-0.1, -0.05) is 13.8 Å². The van der Waals surface area contributed by atoms with Crippen LogP contribution >= 0.6 is 0 Å². The predicted molar refractivity (Wildman–Crippen MR) is 43.5 cm³/mol. The first-order valence-corrected chi connectivity index (χ1v) is 4.15. The summed E-state index contributed by atoms with van der Waals surface area (Å²) >= 11 is 0. The predicted octanol–water partition coefficient (Wildman–Crippen LogP) is 0.136. The van der Waals surface area contributed by atoms with Crippen molar-refractivity contribution < 1.29 is 9.84 Å². The van der Waals surface area contributed by atoms with Crippen LogP contribution in [0.2, 0.25) is 0 Å². The number of nitrogens with one attached hydrogen (secondary N) is 1. The van der Waals surface area contributed by atoms with Crippen LogP contribution in [0.3, 0.4) is 0 Å². The highest BCUT2D eigenvalue weighted by molar-refractivity contribution is 4.91. The quantitative estimate of drug-likeness (QED) is 0.615. The topological polar surface area (TPSA) is 41.5 Å². The van der Waals surface area contributed by atoms with E-state index in [9.17, 15) is 0 Å². The lowest BCUT2D eigenvalue weighted by molar-refractivity contribution is 0.115. The number of rotatable bonds is 3. The van der Waals surface area contributed by atoms with Crippen LogP contribution in [-0.4, -0.2) is 36.5 Å². The Kier molecular flexibility index (Phi) is 2.87. The molecule has 0 saturated carbocycles. The summed E-state index contributed by atoms with van der Waals surface area (Å²) in [5.41, 5.74) is -0.159. The summed E-state index contributed by atoms with van der Waals surface area (Å²) in [5, 5.41) is 12.5. The summed E-state index contributed by atoms with van der Waals surface area (Å²) < 4.78 is 5.23. The summed E-state index contributed by atoms with van der Waals surface area (Å²) in [5.74, 6) is 0. The van der Waals surface area contributed by atoms with Gasteiger partial charge in [0.25, 0.3) is 0 Å². The van der Waals surface area contributed by atoms with E-state index in [0.717, 1.165) is 13.0 Å². The molecule has 1 aliphatic heterocycles. The van der Waals surface area contributed by atoms with Crippen molar-refractivity contribution in [1.82, 2.24) is 5.32 Å². The fourth-order valence-corrected chi connectivity index (χ4v) is 1.50. The first kappa shape index (κ1) is 8.97. The van der Waals surface area contributed by atoms with E-state index < -0.39 is 0 Å². The number of hydrogen-bond acceptors (Lipinski definition) is 3. The molecule has 0 aromatic rings. The minimum atomic E-state index is -0.159. The van der Waals surface area contributed by atoms with Crippen molar-refractivity contribution in [2.24, 2.45) is 0 Å². The Balaban J connectivity index is 2.45. The zero-order valence-electron chi connectivity index (χ0n) is 7.26. The fraction of sp³-hybridized carbons (Fsp3) is 1.00. The van der Waals surface area contributed by atoms with Crippen molar-refractivity contribution in [2.75, 3.05) is 19.8 Å². The number of aliphatic hydroxyl groups excluding tert-OH is 1. The Morgan fingerprint density at radius 2 is 2.36 bits per heavy atom. The molecular weight excluding hydrogens is 142 g/mol. The zero-order valence-corrected chi connectivity index (χ0v) is 7.26. The van der Waals surface area contributed by atoms with Crippen LogP contribution in [-0.2, 0) is 4.74 Å². The van der Waals surface area contributed by atoms with Crippen LogP contribution in [0.4, 0.5) is 0 Å².